The van der Waals surface area contributed by atoms with Gasteiger partial charge in [-0.2, -0.15) is 0 Å². The largest absolute Gasteiger partial charge is 0.461 e. The highest BCUT2D eigenvalue weighted by Gasteiger charge is 2.23. The Morgan fingerprint density at radius 1 is 1.59 bits per heavy atom. The summed E-state index contributed by atoms with van der Waals surface area (Å²) >= 11 is 1.27. The Kier molecular flexibility index (Phi) is 5.90. The number of aromatic nitrogens is 1. The van der Waals surface area contributed by atoms with Gasteiger partial charge in [0.1, 0.15) is 0 Å². The molecule has 0 amide bonds. The van der Waals surface area contributed by atoms with Crippen molar-refractivity contribution in [2.45, 2.75) is 32.4 Å². The second-order valence-electron chi connectivity index (χ2n) is 5.33. The third-order valence-electron chi connectivity index (χ3n) is 3.27. The fourth-order valence-corrected chi connectivity index (χ4v) is 3.99. The highest BCUT2D eigenvalue weighted by atomic mass is 32.2. The maximum Gasteiger partial charge on any atom is 0.367 e. The number of hydrogen-bond donors (Lipinski definition) is 1. The van der Waals surface area contributed by atoms with Gasteiger partial charge in [-0.1, -0.05) is 0 Å². The standard InChI is InChI=1S/C13H21N3O4S2/c1-3-20-13(17)12-14-11(9-21-12)8-16-6-4-5-10(7-16)15-22(2,18)19/h9-10,15H,3-8H2,1-2H3. The number of esters is 1. The highest BCUT2D eigenvalue weighted by Crippen LogP contribution is 2.17. The van der Waals surface area contributed by atoms with E-state index in [1.165, 1.54) is 17.6 Å². The van der Waals surface area contributed by atoms with Crippen LogP contribution in [0.1, 0.15) is 35.3 Å². The Hall–Kier alpha value is -1.03. The van der Waals surface area contributed by atoms with E-state index in [0.717, 1.165) is 25.1 Å². The van der Waals surface area contributed by atoms with Crippen LogP contribution < -0.4 is 4.72 Å². The van der Waals surface area contributed by atoms with Crippen molar-refractivity contribution in [2.24, 2.45) is 0 Å². The fraction of sp³-hybridized carbons (Fsp3) is 0.692. The number of ether oxygens (including phenoxy) is 1. The zero-order valence-electron chi connectivity index (χ0n) is 12.7. The fourth-order valence-electron chi connectivity index (χ4n) is 2.49. The summed E-state index contributed by atoms with van der Waals surface area (Å²) in [6.07, 6.45) is 2.95. The number of rotatable bonds is 6. The molecule has 9 heteroatoms. The molecular formula is C13H21N3O4S2. The van der Waals surface area contributed by atoms with E-state index in [9.17, 15) is 13.2 Å². The summed E-state index contributed by atoms with van der Waals surface area (Å²) in [5, 5.41) is 2.21. The second-order valence-corrected chi connectivity index (χ2v) is 7.97. The number of thiazole rings is 1. The zero-order chi connectivity index (χ0) is 16.2. The monoisotopic (exact) mass is 347 g/mol. The van der Waals surface area contributed by atoms with Gasteiger partial charge in [-0.05, 0) is 26.3 Å². The molecule has 1 N–H and O–H groups in total. The number of carbonyl (C=O) groups is 1. The number of piperidine rings is 1. The number of likely N-dealkylation sites (tertiary alicyclic amines) is 1. The Morgan fingerprint density at radius 2 is 2.36 bits per heavy atom. The molecule has 1 fully saturated rings. The van der Waals surface area contributed by atoms with Gasteiger partial charge in [0.25, 0.3) is 0 Å². The molecule has 1 saturated heterocycles. The molecule has 124 valence electrons. The molecule has 0 spiro atoms. The third kappa shape index (κ3) is 5.31. The van der Waals surface area contributed by atoms with Crippen molar-refractivity contribution in [3.05, 3.63) is 16.1 Å². The summed E-state index contributed by atoms with van der Waals surface area (Å²) in [4.78, 5) is 18.0. The van der Waals surface area contributed by atoms with Crippen LogP contribution in [-0.4, -0.2) is 56.3 Å². The number of hydrogen-bond acceptors (Lipinski definition) is 7. The van der Waals surface area contributed by atoms with Crippen LogP contribution in [0.2, 0.25) is 0 Å². The predicted octanol–water partition coefficient (Wildman–Crippen LogP) is 0.833. The minimum absolute atomic E-state index is 0.0630. The number of nitrogens with one attached hydrogen (secondary N) is 1. The van der Waals surface area contributed by atoms with Crippen molar-refractivity contribution in [1.82, 2.24) is 14.6 Å². The molecule has 22 heavy (non-hydrogen) atoms. The molecule has 2 rings (SSSR count). The number of carbonyl (C=O) groups excluding carboxylic acids is 1. The van der Waals surface area contributed by atoms with Gasteiger partial charge in [0.2, 0.25) is 15.0 Å². The number of sulfonamides is 1. The lowest BCUT2D eigenvalue weighted by atomic mass is 10.1. The molecule has 2 heterocycles. The molecule has 0 saturated carbocycles. The summed E-state index contributed by atoms with van der Waals surface area (Å²) in [6, 6.07) is -0.0630. The van der Waals surface area contributed by atoms with E-state index in [2.05, 4.69) is 14.6 Å². The van der Waals surface area contributed by atoms with E-state index in [1.54, 1.807) is 6.92 Å². The summed E-state index contributed by atoms with van der Waals surface area (Å²) in [5.41, 5.74) is 0.813. The molecule has 0 aliphatic carbocycles. The second kappa shape index (κ2) is 7.49. The van der Waals surface area contributed by atoms with Crippen LogP contribution in [0.5, 0.6) is 0 Å². The number of nitrogens with zero attached hydrogens (tertiary/aromatic N) is 2. The van der Waals surface area contributed by atoms with Crippen LogP contribution in [0.25, 0.3) is 0 Å². The first-order valence-corrected chi connectivity index (χ1v) is 9.95. The van der Waals surface area contributed by atoms with Crippen molar-refractivity contribution >= 4 is 27.3 Å². The van der Waals surface area contributed by atoms with E-state index < -0.39 is 16.0 Å². The van der Waals surface area contributed by atoms with E-state index in [0.29, 0.717) is 24.7 Å². The average Bonchev–Trinajstić information content (AvgIpc) is 2.86. The van der Waals surface area contributed by atoms with Crippen LogP contribution in [-0.2, 0) is 21.3 Å². The lowest BCUT2D eigenvalue weighted by Crippen LogP contribution is -2.47. The first-order valence-electron chi connectivity index (χ1n) is 7.18. The Bertz CT molecular complexity index is 615. The van der Waals surface area contributed by atoms with Gasteiger partial charge < -0.3 is 4.74 Å². The normalized spacial score (nSPS) is 20.0. The van der Waals surface area contributed by atoms with Gasteiger partial charge in [-0.3, -0.25) is 4.90 Å². The topological polar surface area (TPSA) is 88.6 Å². The predicted molar refractivity (Wildman–Crippen MR) is 84.3 cm³/mol. The van der Waals surface area contributed by atoms with Crippen molar-refractivity contribution in [3.63, 3.8) is 0 Å². The van der Waals surface area contributed by atoms with Crippen molar-refractivity contribution in [1.29, 1.82) is 0 Å². The first-order chi connectivity index (χ1) is 10.4. The van der Waals surface area contributed by atoms with Crippen LogP contribution >= 0.6 is 11.3 Å². The zero-order valence-corrected chi connectivity index (χ0v) is 14.4. The third-order valence-corrected chi connectivity index (χ3v) is 4.91. The van der Waals surface area contributed by atoms with Crippen LogP contribution in [0.3, 0.4) is 0 Å². The molecule has 0 radical (unpaired) electrons. The Labute approximate surface area is 134 Å². The molecule has 1 aromatic heterocycles. The molecule has 1 aliphatic heterocycles. The van der Waals surface area contributed by atoms with Gasteiger partial charge >= 0.3 is 5.97 Å². The summed E-state index contributed by atoms with van der Waals surface area (Å²) in [7, 11) is -3.18. The first kappa shape index (κ1) is 17.3. The smallest absolute Gasteiger partial charge is 0.367 e. The van der Waals surface area contributed by atoms with Gasteiger partial charge in [0.05, 0.1) is 18.6 Å². The van der Waals surface area contributed by atoms with Crippen molar-refractivity contribution in [2.75, 3.05) is 26.0 Å². The van der Waals surface area contributed by atoms with Crippen LogP contribution in [0, 0.1) is 0 Å². The van der Waals surface area contributed by atoms with Crippen molar-refractivity contribution in [3.8, 4) is 0 Å². The van der Waals surface area contributed by atoms with Gasteiger partial charge in [0, 0.05) is 24.5 Å². The molecule has 1 aliphatic rings. The molecule has 1 atom stereocenters. The Balaban J connectivity index is 1.91. The lowest BCUT2D eigenvalue weighted by molar-refractivity contribution is 0.0525. The van der Waals surface area contributed by atoms with E-state index in [-0.39, 0.29) is 6.04 Å². The Morgan fingerprint density at radius 3 is 3.05 bits per heavy atom. The van der Waals surface area contributed by atoms with E-state index in [4.69, 9.17) is 4.74 Å². The molecule has 0 aromatic carbocycles. The molecule has 7 nitrogen and oxygen atoms in total. The SMILES string of the molecule is CCOC(=O)c1nc(CN2CCCC(NS(C)(=O)=O)C2)cs1. The minimum atomic E-state index is -3.18. The van der Waals surface area contributed by atoms with Crippen LogP contribution in [0.4, 0.5) is 0 Å². The maximum atomic E-state index is 11.6. The minimum Gasteiger partial charge on any atom is -0.461 e. The van der Waals surface area contributed by atoms with E-state index >= 15 is 0 Å². The van der Waals surface area contributed by atoms with E-state index in [1.807, 2.05) is 5.38 Å². The van der Waals surface area contributed by atoms with Crippen LogP contribution in [0.15, 0.2) is 5.38 Å². The summed E-state index contributed by atoms with van der Waals surface area (Å²) in [6.45, 7) is 4.25. The van der Waals surface area contributed by atoms with Gasteiger partial charge in [0.15, 0.2) is 0 Å². The lowest BCUT2D eigenvalue weighted by Gasteiger charge is -2.32. The highest BCUT2D eigenvalue weighted by molar-refractivity contribution is 7.88. The average molecular weight is 347 g/mol. The molecule has 0 bridgehead atoms. The molecule has 1 aromatic rings. The van der Waals surface area contributed by atoms with Gasteiger partial charge in [-0.25, -0.2) is 22.9 Å². The van der Waals surface area contributed by atoms with Gasteiger partial charge in [-0.15, -0.1) is 11.3 Å². The summed E-state index contributed by atoms with van der Waals surface area (Å²) < 4.78 is 30.2. The summed E-state index contributed by atoms with van der Waals surface area (Å²) in [5.74, 6) is -0.394. The molecular weight excluding hydrogens is 326 g/mol. The maximum absolute atomic E-state index is 11.6. The molecule has 1 unspecified atom stereocenters. The quantitative estimate of drug-likeness (QED) is 0.767. The van der Waals surface area contributed by atoms with Crippen molar-refractivity contribution < 1.29 is 17.9 Å².